The van der Waals surface area contributed by atoms with Gasteiger partial charge in [-0.2, -0.15) is 0 Å². The van der Waals surface area contributed by atoms with Crippen molar-refractivity contribution in [2.75, 3.05) is 27.1 Å². The molecule has 1 heterocycles. The molecule has 30 heavy (non-hydrogen) atoms. The first-order valence-electron chi connectivity index (χ1n) is 9.23. The highest BCUT2D eigenvalue weighted by Crippen LogP contribution is 2.35. The molecule has 0 aliphatic carbocycles. The van der Waals surface area contributed by atoms with Gasteiger partial charge >= 0.3 is 0 Å². The van der Waals surface area contributed by atoms with Gasteiger partial charge in [-0.1, -0.05) is 0 Å². The van der Waals surface area contributed by atoms with Crippen molar-refractivity contribution >= 4 is 11.6 Å². The van der Waals surface area contributed by atoms with Crippen LogP contribution in [0.25, 0.3) is 0 Å². The van der Waals surface area contributed by atoms with Gasteiger partial charge in [0.2, 0.25) is 0 Å². The van der Waals surface area contributed by atoms with Gasteiger partial charge in [0, 0.05) is 18.2 Å². The van der Waals surface area contributed by atoms with Crippen LogP contribution >= 0.6 is 0 Å². The van der Waals surface area contributed by atoms with E-state index in [1.165, 1.54) is 25.3 Å². The Balaban J connectivity index is 1.77. The van der Waals surface area contributed by atoms with Crippen LogP contribution in [0, 0.1) is 15.9 Å². The number of nitro benzene ring substituents is 1. The highest BCUT2D eigenvalue weighted by molar-refractivity contribution is 5.99. The fourth-order valence-electron chi connectivity index (χ4n) is 3.16. The maximum atomic E-state index is 13.8. The molecule has 1 aliphatic heterocycles. The Labute approximate surface area is 171 Å². The summed E-state index contributed by atoms with van der Waals surface area (Å²) in [6.45, 7) is 2.43. The van der Waals surface area contributed by atoms with E-state index in [0.29, 0.717) is 16.9 Å². The van der Waals surface area contributed by atoms with E-state index in [1.807, 2.05) is 0 Å². The van der Waals surface area contributed by atoms with Crippen LogP contribution in [0.1, 0.15) is 28.4 Å². The van der Waals surface area contributed by atoms with Gasteiger partial charge in [-0.3, -0.25) is 14.9 Å². The van der Waals surface area contributed by atoms with E-state index in [2.05, 4.69) is 5.32 Å². The van der Waals surface area contributed by atoms with Crippen molar-refractivity contribution in [1.82, 2.24) is 5.32 Å². The lowest BCUT2D eigenvalue weighted by atomic mass is 10.0. The summed E-state index contributed by atoms with van der Waals surface area (Å²) in [6, 6.07) is 5.10. The highest BCUT2D eigenvalue weighted by atomic mass is 19.1. The van der Waals surface area contributed by atoms with Crippen LogP contribution in [0.5, 0.6) is 17.2 Å². The molecular formula is C20H21FN2O7. The van der Waals surface area contributed by atoms with Crippen molar-refractivity contribution in [3.63, 3.8) is 0 Å². The topological polar surface area (TPSA) is 109 Å². The summed E-state index contributed by atoms with van der Waals surface area (Å²) in [5.41, 5.74) is 0.605. The van der Waals surface area contributed by atoms with Gasteiger partial charge in [0.25, 0.3) is 11.6 Å². The minimum atomic E-state index is -0.659. The molecule has 2 aromatic carbocycles. The predicted octanol–water partition coefficient (Wildman–Crippen LogP) is 2.98. The molecular weight excluding hydrogens is 399 g/mol. The van der Waals surface area contributed by atoms with Crippen LogP contribution in [0.2, 0.25) is 0 Å². The van der Waals surface area contributed by atoms with Crippen molar-refractivity contribution in [1.29, 1.82) is 0 Å². The van der Waals surface area contributed by atoms with Crippen LogP contribution < -0.4 is 19.5 Å². The maximum Gasteiger partial charge on any atom is 0.286 e. The van der Waals surface area contributed by atoms with Gasteiger partial charge in [-0.25, -0.2) is 4.39 Å². The fourth-order valence-corrected chi connectivity index (χ4v) is 3.16. The number of nitro groups is 1. The number of fused-ring (bicyclic) bond motifs is 1. The molecule has 0 aromatic heterocycles. The van der Waals surface area contributed by atoms with Crippen LogP contribution in [-0.2, 0) is 17.8 Å². The molecule has 0 saturated heterocycles. The van der Waals surface area contributed by atoms with Crippen LogP contribution in [0.4, 0.5) is 10.1 Å². The second kappa shape index (κ2) is 9.40. The number of benzene rings is 2. The van der Waals surface area contributed by atoms with E-state index in [-0.39, 0.29) is 50.0 Å². The van der Waals surface area contributed by atoms with Crippen molar-refractivity contribution < 1.29 is 33.1 Å². The van der Waals surface area contributed by atoms with E-state index >= 15 is 0 Å². The molecule has 9 nitrogen and oxygen atoms in total. The molecule has 0 saturated carbocycles. The van der Waals surface area contributed by atoms with E-state index in [0.717, 1.165) is 6.07 Å². The number of carbonyl (C=O) groups is 1. The number of methoxy groups -OCH3 is 1. The molecule has 0 bridgehead atoms. The van der Waals surface area contributed by atoms with Crippen molar-refractivity contribution in [3.05, 3.63) is 56.9 Å². The van der Waals surface area contributed by atoms with Gasteiger partial charge in [0.05, 0.1) is 31.3 Å². The lowest BCUT2D eigenvalue weighted by molar-refractivity contribution is -0.385. The molecule has 1 N–H and O–H groups in total. The summed E-state index contributed by atoms with van der Waals surface area (Å²) in [7, 11) is 1.38. The van der Waals surface area contributed by atoms with Crippen LogP contribution in [-0.4, -0.2) is 37.9 Å². The third-order valence-corrected chi connectivity index (χ3v) is 4.45. The molecule has 160 valence electrons. The number of rotatable bonds is 8. The Kier molecular flexibility index (Phi) is 6.68. The molecule has 2 aromatic rings. The van der Waals surface area contributed by atoms with E-state index in [4.69, 9.17) is 18.9 Å². The first-order chi connectivity index (χ1) is 14.4. The predicted molar refractivity (Wildman–Crippen MR) is 104 cm³/mol. The van der Waals surface area contributed by atoms with Gasteiger partial charge in [0.15, 0.2) is 18.3 Å². The Morgan fingerprint density at radius 1 is 1.30 bits per heavy atom. The number of nitrogens with one attached hydrogen (secondary N) is 1. The van der Waals surface area contributed by atoms with E-state index < -0.39 is 22.3 Å². The molecule has 10 heteroatoms. The normalized spacial score (nSPS) is 12.5. The molecule has 1 aliphatic rings. The standard InChI is InChI=1S/C20H21FN2O7/c1-3-29-18-9-16(23(25)26)15(8-17(18)27-2)20(24)22-5-4-12-6-14(21)7-13-10-28-11-30-19(12)13/h6-9H,3-5,10-11H2,1-2H3,(H,22,24). The summed E-state index contributed by atoms with van der Waals surface area (Å²) in [5, 5.41) is 14.1. The largest absolute Gasteiger partial charge is 0.493 e. The molecule has 1 amide bonds. The van der Waals surface area contributed by atoms with Crippen LogP contribution in [0.15, 0.2) is 24.3 Å². The average molecular weight is 420 g/mol. The quantitative estimate of drug-likeness (QED) is 0.516. The third kappa shape index (κ3) is 4.60. The first-order valence-corrected chi connectivity index (χ1v) is 9.23. The smallest absolute Gasteiger partial charge is 0.286 e. The number of hydrogen-bond acceptors (Lipinski definition) is 7. The molecule has 0 atom stereocenters. The molecule has 3 rings (SSSR count). The summed E-state index contributed by atoms with van der Waals surface area (Å²) in [4.78, 5) is 23.4. The number of amides is 1. The van der Waals surface area contributed by atoms with E-state index in [9.17, 15) is 19.3 Å². The lowest BCUT2D eigenvalue weighted by Gasteiger charge is -2.21. The lowest BCUT2D eigenvalue weighted by Crippen LogP contribution is -2.27. The summed E-state index contributed by atoms with van der Waals surface area (Å²) < 4.78 is 34.9. The second-order valence-corrected chi connectivity index (χ2v) is 6.38. The van der Waals surface area contributed by atoms with Crippen molar-refractivity contribution in [2.45, 2.75) is 20.0 Å². The Hall–Kier alpha value is -3.40. The second-order valence-electron chi connectivity index (χ2n) is 6.38. The fraction of sp³-hybridized carbons (Fsp3) is 0.350. The summed E-state index contributed by atoms with van der Waals surface area (Å²) in [6.07, 6.45) is 0.272. The summed E-state index contributed by atoms with van der Waals surface area (Å²) in [5.74, 6) is -0.173. The number of ether oxygens (including phenoxy) is 4. The minimum Gasteiger partial charge on any atom is -0.493 e. The molecule has 0 radical (unpaired) electrons. The van der Waals surface area contributed by atoms with Gasteiger partial charge in [0.1, 0.15) is 17.1 Å². The maximum absolute atomic E-state index is 13.8. The van der Waals surface area contributed by atoms with Crippen molar-refractivity contribution in [2.24, 2.45) is 0 Å². The summed E-state index contributed by atoms with van der Waals surface area (Å²) >= 11 is 0. The Morgan fingerprint density at radius 2 is 2.10 bits per heavy atom. The minimum absolute atomic E-state index is 0.0656. The monoisotopic (exact) mass is 420 g/mol. The molecule has 0 spiro atoms. The number of halogens is 1. The van der Waals surface area contributed by atoms with Crippen molar-refractivity contribution in [3.8, 4) is 17.2 Å². The van der Waals surface area contributed by atoms with Gasteiger partial charge in [-0.15, -0.1) is 0 Å². The molecule has 0 unspecified atom stereocenters. The zero-order chi connectivity index (χ0) is 21.7. The average Bonchev–Trinajstić information content (AvgIpc) is 2.73. The van der Waals surface area contributed by atoms with Gasteiger partial charge in [-0.05, 0) is 31.0 Å². The van der Waals surface area contributed by atoms with E-state index in [1.54, 1.807) is 6.92 Å². The number of hydrogen-bond donors (Lipinski definition) is 1. The Bertz CT molecular complexity index is 965. The zero-order valence-corrected chi connectivity index (χ0v) is 16.5. The SMILES string of the molecule is CCOc1cc([N+](=O)[O-])c(C(=O)NCCc2cc(F)cc3c2OCOC3)cc1OC. The first kappa shape index (κ1) is 21.3. The molecule has 0 fully saturated rings. The number of carbonyl (C=O) groups excluding carboxylic acids is 1. The van der Waals surface area contributed by atoms with Gasteiger partial charge < -0.3 is 24.3 Å². The zero-order valence-electron chi connectivity index (χ0n) is 16.5. The third-order valence-electron chi connectivity index (χ3n) is 4.45. The Morgan fingerprint density at radius 3 is 2.80 bits per heavy atom. The number of nitrogens with zero attached hydrogens (tertiary/aromatic N) is 1. The van der Waals surface area contributed by atoms with Crippen LogP contribution in [0.3, 0.4) is 0 Å². The highest BCUT2D eigenvalue weighted by Gasteiger charge is 2.25.